The molecule has 2 aromatic heterocycles. The van der Waals surface area contributed by atoms with Gasteiger partial charge in [-0.1, -0.05) is 0 Å². The Morgan fingerprint density at radius 3 is 2.90 bits per heavy atom. The smallest absolute Gasteiger partial charge is 0.339 e. The Bertz CT molecular complexity index is 781. The molecule has 106 valence electrons. The molecule has 0 bridgehead atoms. The van der Waals surface area contributed by atoms with Crippen LogP contribution in [0.15, 0.2) is 18.3 Å². The molecule has 1 aliphatic heterocycles. The summed E-state index contributed by atoms with van der Waals surface area (Å²) in [6, 6.07) is 3.05. The minimum atomic E-state index is -3.05. The van der Waals surface area contributed by atoms with Gasteiger partial charge in [-0.2, -0.15) is 0 Å². The van der Waals surface area contributed by atoms with Crippen LogP contribution in [0.25, 0.3) is 5.65 Å². The highest BCUT2D eigenvalue weighted by atomic mass is 32.2. The number of pyridine rings is 1. The number of rotatable bonds is 2. The average Bonchev–Trinajstić information content (AvgIpc) is 2.80. The topological polar surface area (TPSA) is 102 Å². The summed E-state index contributed by atoms with van der Waals surface area (Å²) in [5.41, 5.74) is 0.308. The van der Waals surface area contributed by atoms with Crippen LogP contribution in [-0.4, -0.2) is 45.6 Å². The molecule has 3 rings (SSSR count). The summed E-state index contributed by atoms with van der Waals surface area (Å²) >= 11 is 0. The Morgan fingerprint density at radius 1 is 1.40 bits per heavy atom. The van der Waals surface area contributed by atoms with E-state index in [1.165, 1.54) is 6.07 Å². The summed E-state index contributed by atoms with van der Waals surface area (Å²) in [4.78, 5) is 11.1. The second-order valence-electron chi connectivity index (χ2n) is 4.93. The number of carboxylic acid groups (broad SMARTS) is 1. The Balaban J connectivity index is 2.09. The Labute approximate surface area is 115 Å². The zero-order valence-corrected chi connectivity index (χ0v) is 11.4. The van der Waals surface area contributed by atoms with E-state index in [9.17, 15) is 13.2 Å². The molecule has 0 saturated carbocycles. The molecule has 0 amide bonds. The lowest BCUT2D eigenvalue weighted by atomic mass is 10.0. The zero-order valence-electron chi connectivity index (χ0n) is 10.6. The predicted molar refractivity (Wildman–Crippen MR) is 70.6 cm³/mol. The lowest BCUT2D eigenvalue weighted by Gasteiger charge is -2.20. The minimum absolute atomic E-state index is 0.0467. The number of aromatic nitrogens is 3. The molecule has 7 nitrogen and oxygen atoms in total. The third kappa shape index (κ3) is 2.15. The Kier molecular flexibility index (Phi) is 2.97. The molecular weight excluding hydrogens is 282 g/mol. The summed E-state index contributed by atoms with van der Waals surface area (Å²) in [5, 5.41) is 17.0. The number of nitrogens with zero attached hydrogens (tertiary/aromatic N) is 3. The van der Waals surface area contributed by atoms with Crippen LogP contribution in [0, 0.1) is 0 Å². The lowest BCUT2D eigenvalue weighted by molar-refractivity contribution is 0.0698. The highest BCUT2D eigenvalue weighted by Gasteiger charge is 2.29. The first-order valence-corrected chi connectivity index (χ1v) is 8.07. The lowest BCUT2D eigenvalue weighted by Crippen LogP contribution is -2.25. The molecule has 1 atom stereocenters. The van der Waals surface area contributed by atoms with E-state index in [1.54, 1.807) is 16.7 Å². The molecule has 8 heteroatoms. The van der Waals surface area contributed by atoms with Crippen molar-refractivity contribution >= 4 is 21.5 Å². The zero-order chi connectivity index (χ0) is 14.3. The van der Waals surface area contributed by atoms with Gasteiger partial charge in [0.2, 0.25) is 0 Å². The van der Waals surface area contributed by atoms with Gasteiger partial charge in [0.15, 0.2) is 15.5 Å². The molecule has 20 heavy (non-hydrogen) atoms. The number of carboxylic acids is 1. The highest BCUT2D eigenvalue weighted by molar-refractivity contribution is 7.91. The number of carbonyl (C=O) groups is 1. The number of hydrogen-bond donors (Lipinski definition) is 1. The number of aromatic carboxylic acids is 1. The fourth-order valence-corrected chi connectivity index (χ4v) is 4.31. The molecule has 0 aliphatic carbocycles. The van der Waals surface area contributed by atoms with Gasteiger partial charge in [-0.3, -0.25) is 4.40 Å². The van der Waals surface area contributed by atoms with Crippen molar-refractivity contribution in [1.29, 1.82) is 0 Å². The van der Waals surface area contributed by atoms with Gasteiger partial charge in [0.05, 0.1) is 11.5 Å². The number of fused-ring (bicyclic) bond motifs is 1. The molecule has 1 unspecified atom stereocenters. The van der Waals surface area contributed by atoms with E-state index in [2.05, 4.69) is 10.2 Å². The normalized spacial score (nSPS) is 21.9. The second kappa shape index (κ2) is 4.55. The summed E-state index contributed by atoms with van der Waals surface area (Å²) in [6.45, 7) is 0. The Hall–Kier alpha value is -1.96. The highest BCUT2D eigenvalue weighted by Crippen LogP contribution is 2.27. The Morgan fingerprint density at radius 2 is 2.20 bits per heavy atom. The van der Waals surface area contributed by atoms with E-state index in [0.29, 0.717) is 12.2 Å². The minimum Gasteiger partial charge on any atom is -0.478 e. The third-order valence-corrected chi connectivity index (χ3v) is 5.34. The fraction of sp³-hybridized carbons (Fsp3) is 0.417. The van der Waals surface area contributed by atoms with E-state index in [0.717, 1.165) is 6.42 Å². The fourth-order valence-electron chi connectivity index (χ4n) is 2.61. The summed E-state index contributed by atoms with van der Waals surface area (Å²) in [6.07, 6.45) is 2.98. The van der Waals surface area contributed by atoms with E-state index < -0.39 is 15.8 Å². The van der Waals surface area contributed by atoms with Gasteiger partial charge >= 0.3 is 5.97 Å². The first-order chi connectivity index (χ1) is 9.48. The van der Waals surface area contributed by atoms with Gasteiger partial charge in [-0.25, -0.2) is 13.2 Å². The third-order valence-electron chi connectivity index (χ3n) is 3.52. The monoisotopic (exact) mass is 295 g/mol. The van der Waals surface area contributed by atoms with Gasteiger partial charge in [0, 0.05) is 12.1 Å². The largest absolute Gasteiger partial charge is 0.478 e. The van der Waals surface area contributed by atoms with Crippen LogP contribution in [0.1, 0.15) is 34.9 Å². The van der Waals surface area contributed by atoms with Crippen LogP contribution in [0.5, 0.6) is 0 Å². The molecular formula is C12H13N3O4S. The van der Waals surface area contributed by atoms with Crippen molar-refractivity contribution in [2.75, 3.05) is 11.5 Å². The molecule has 2 aromatic rings. The molecule has 0 aromatic carbocycles. The van der Waals surface area contributed by atoms with Gasteiger partial charge in [0.25, 0.3) is 0 Å². The molecule has 1 fully saturated rings. The first kappa shape index (κ1) is 13.0. The van der Waals surface area contributed by atoms with Crippen molar-refractivity contribution in [2.45, 2.75) is 18.8 Å². The van der Waals surface area contributed by atoms with E-state index in [1.807, 2.05) is 0 Å². The molecule has 1 aliphatic rings. The van der Waals surface area contributed by atoms with Gasteiger partial charge in [-0.15, -0.1) is 10.2 Å². The second-order valence-corrected chi connectivity index (χ2v) is 7.16. The molecule has 3 heterocycles. The van der Waals surface area contributed by atoms with E-state index >= 15 is 0 Å². The standard InChI is InChI=1S/C12H13N3O4S/c16-12(17)9-4-1-5-15-10(13-14-11(9)15)8-3-2-6-20(18,19)7-8/h1,4-5,8H,2-3,6-7H2,(H,16,17). The van der Waals surface area contributed by atoms with Crippen molar-refractivity contribution in [2.24, 2.45) is 0 Å². The van der Waals surface area contributed by atoms with Crippen LogP contribution in [0.2, 0.25) is 0 Å². The molecule has 0 radical (unpaired) electrons. The van der Waals surface area contributed by atoms with Crippen LogP contribution in [-0.2, 0) is 9.84 Å². The van der Waals surface area contributed by atoms with Gasteiger partial charge in [-0.05, 0) is 25.0 Å². The SMILES string of the molecule is O=C(O)c1cccn2c(C3CCCS(=O)(=O)C3)nnc12. The van der Waals surface area contributed by atoms with Crippen LogP contribution in [0.4, 0.5) is 0 Å². The van der Waals surface area contributed by atoms with Gasteiger partial charge in [0.1, 0.15) is 11.4 Å². The van der Waals surface area contributed by atoms with Crippen LogP contribution in [0.3, 0.4) is 0 Å². The number of hydrogen-bond acceptors (Lipinski definition) is 5. The van der Waals surface area contributed by atoms with Crippen molar-refractivity contribution in [3.05, 3.63) is 29.7 Å². The molecule has 1 N–H and O–H groups in total. The van der Waals surface area contributed by atoms with Crippen LogP contribution < -0.4 is 0 Å². The van der Waals surface area contributed by atoms with Gasteiger partial charge < -0.3 is 5.11 Å². The molecule has 0 spiro atoms. The average molecular weight is 295 g/mol. The summed E-state index contributed by atoms with van der Waals surface area (Å²) < 4.78 is 25.0. The summed E-state index contributed by atoms with van der Waals surface area (Å²) in [5.74, 6) is -0.531. The van der Waals surface area contributed by atoms with Crippen molar-refractivity contribution in [3.63, 3.8) is 0 Å². The first-order valence-electron chi connectivity index (χ1n) is 6.25. The van der Waals surface area contributed by atoms with Crippen molar-refractivity contribution in [3.8, 4) is 0 Å². The van der Waals surface area contributed by atoms with E-state index in [4.69, 9.17) is 5.11 Å². The molecule has 1 saturated heterocycles. The quantitative estimate of drug-likeness (QED) is 0.876. The maximum atomic E-state index is 11.7. The van der Waals surface area contributed by atoms with Crippen molar-refractivity contribution < 1.29 is 18.3 Å². The maximum Gasteiger partial charge on any atom is 0.339 e. The number of sulfone groups is 1. The van der Waals surface area contributed by atoms with Crippen molar-refractivity contribution in [1.82, 2.24) is 14.6 Å². The van der Waals surface area contributed by atoms with Crippen LogP contribution >= 0.6 is 0 Å². The predicted octanol–water partition coefficient (Wildman–Crippen LogP) is 0.720. The summed E-state index contributed by atoms with van der Waals surface area (Å²) in [7, 11) is -3.05. The van der Waals surface area contributed by atoms with E-state index in [-0.39, 0.29) is 28.6 Å². The maximum absolute atomic E-state index is 11.7.